The fourth-order valence-corrected chi connectivity index (χ4v) is 2.28. The molecule has 1 N–H and O–H groups in total. The molecule has 142 valence electrons. The Bertz CT molecular complexity index is 750. The highest BCUT2D eigenvalue weighted by molar-refractivity contribution is 7.86. The maximum atomic E-state index is 11.6. The van der Waals surface area contributed by atoms with Crippen molar-refractivity contribution in [1.82, 2.24) is 4.98 Å². The monoisotopic (exact) mass is 456 g/mol. The number of nitrogens with zero attached hydrogens (tertiary/aromatic N) is 1. The third kappa shape index (κ3) is 8.18. The van der Waals surface area contributed by atoms with Gasteiger partial charge in [0.25, 0.3) is 10.9 Å². The Hall–Kier alpha value is -0.310. The number of rotatable bonds is 3. The number of aromatic amines is 1. The minimum Gasteiger partial charge on any atom is -0.741 e. The van der Waals surface area contributed by atoms with Crippen LogP contribution in [0.3, 0.4) is 0 Å². The van der Waals surface area contributed by atoms with Crippen LogP contribution in [-0.2, 0) is 31.5 Å². The van der Waals surface area contributed by atoms with Crippen molar-refractivity contribution in [3.8, 4) is 0 Å². The lowest BCUT2D eigenvalue weighted by molar-refractivity contribution is -0.677. The summed E-state index contributed by atoms with van der Waals surface area (Å²) < 4.78 is 86.5. The molecule has 1 aromatic rings. The van der Waals surface area contributed by atoms with Crippen molar-refractivity contribution in [2.45, 2.75) is 21.3 Å². The summed E-state index contributed by atoms with van der Waals surface area (Å²) in [5.41, 5.74) is -5.65. The van der Waals surface area contributed by atoms with E-state index in [-0.39, 0.29) is 5.03 Å². The van der Waals surface area contributed by atoms with Gasteiger partial charge in [-0.15, -0.1) is 0 Å². The van der Waals surface area contributed by atoms with Crippen LogP contribution >= 0.6 is 34.8 Å². The van der Waals surface area contributed by atoms with E-state index in [1.165, 1.54) is 6.20 Å². The SMILES string of the molecule is Cc1[nH]c(S(=O)(=O)OCC(Cl)(Cl)Cl)c[n+]1C.O=S(=O)([O-])C(F)(F)F. The predicted molar refractivity (Wildman–Crippen MR) is 75.9 cm³/mol. The summed E-state index contributed by atoms with van der Waals surface area (Å²) in [7, 11) is -8.32. The van der Waals surface area contributed by atoms with Crippen LogP contribution in [0.25, 0.3) is 0 Å². The van der Waals surface area contributed by atoms with E-state index in [9.17, 15) is 21.6 Å². The lowest BCUT2D eigenvalue weighted by Gasteiger charge is -2.09. The van der Waals surface area contributed by atoms with Gasteiger partial charge < -0.3 is 4.55 Å². The summed E-state index contributed by atoms with van der Waals surface area (Å²) in [5.74, 6) is 0.663. The van der Waals surface area contributed by atoms with Gasteiger partial charge in [-0.1, -0.05) is 34.8 Å². The second-order valence-corrected chi connectivity index (χ2v) is 9.52. The van der Waals surface area contributed by atoms with Gasteiger partial charge in [0.05, 0.1) is 7.05 Å². The Morgan fingerprint density at radius 3 is 1.92 bits per heavy atom. The molecule has 0 aliphatic heterocycles. The summed E-state index contributed by atoms with van der Waals surface area (Å²) in [6, 6.07) is 0. The molecule has 0 saturated carbocycles. The van der Waals surface area contributed by atoms with Gasteiger partial charge in [-0.05, 0) is 0 Å². The molecular formula is C8H10Cl3F3N2O6S2. The molecule has 1 rings (SSSR count). The first kappa shape index (κ1) is 23.7. The first-order chi connectivity index (χ1) is 10.4. The van der Waals surface area contributed by atoms with E-state index in [1.807, 2.05) is 0 Å². The number of H-pyrrole nitrogens is 1. The molecule has 1 aromatic heterocycles. The van der Waals surface area contributed by atoms with Crippen molar-refractivity contribution in [2.75, 3.05) is 6.61 Å². The van der Waals surface area contributed by atoms with Crippen LogP contribution in [0.2, 0.25) is 0 Å². The van der Waals surface area contributed by atoms with Crippen LogP contribution in [0.15, 0.2) is 11.2 Å². The van der Waals surface area contributed by atoms with E-state index in [0.717, 1.165) is 0 Å². The molecule has 0 fully saturated rings. The van der Waals surface area contributed by atoms with E-state index in [1.54, 1.807) is 18.5 Å². The van der Waals surface area contributed by atoms with Crippen molar-refractivity contribution in [2.24, 2.45) is 7.05 Å². The topological polar surface area (TPSA) is 120 Å². The normalized spacial score (nSPS) is 13.4. The predicted octanol–water partition coefficient (Wildman–Crippen LogP) is 1.27. The van der Waals surface area contributed by atoms with E-state index < -0.39 is 36.1 Å². The standard InChI is InChI=1S/C7H9Cl3N2O3S.CHF3O3S/c1-5-11-6(3-12(5)2)16(13,14)15-4-7(8,9)10;2-1(3,4)8(5,6)7/h3H,4H2,1-2H3;(H,5,6,7). The average molecular weight is 458 g/mol. The quantitative estimate of drug-likeness (QED) is 0.240. The number of aromatic nitrogens is 2. The summed E-state index contributed by atoms with van der Waals surface area (Å²) in [5, 5.41) is -0.0817. The van der Waals surface area contributed by atoms with Crippen molar-refractivity contribution < 1.29 is 43.3 Å². The molecule has 0 spiro atoms. The average Bonchev–Trinajstić information content (AvgIpc) is 2.65. The molecule has 0 unspecified atom stereocenters. The minimum atomic E-state index is -6.09. The Kier molecular flexibility index (Phi) is 7.83. The molecule has 0 aliphatic rings. The molecule has 0 aromatic carbocycles. The van der Waals surface area contributed by atoms with E-state index in [4.69, 9.17) is 47.8 Å². The van der Waals surface area contributed by atoms with Gasteiger partial charge >= 0.3 is 15.6 Å². The summed E-state index contributed by atoms with van der Waals surface area (Å²) >= 11 is 16.2. The number of alkyl halides is 6. The third-order valence-corrected chi connectivity index (χ3v) is 4.14. The Morgan fingerprint density at radius 2 is 1.67 bits per heavy atom. The van der Waals surface area contributed by atoms with Crippen LogP contribution in [0.1, 0.15) is 5.82 Å². The van der Waals surface area contributed by atoms with Crippen LogP contribution in [0, 0.1) is 6.92 Å². The van der Waals surface area contributed by atoms with Gasteiger partial charge in [0.15, 0.2) is 16.3 Å². The number of hydrogen-bond acceptors (Lipinski definition) is 6. The second kappa shape index (κ2) is 7.93. The lowest BCUT2D eigenvalue weighted by Crippen LogP contribution is -2.28. The van der Waals surface area contributed by atoms with Gasteiger partial charge in [-0.3, -0.25) is 4.18 Å². The maximum absolute atomic E-state index is 11.6. The summed E-state index contributed by atoms with van der Waals surface area (Å²) in [6.07, 6.45) is 1.38. The molecule has 0 atom stereocenters. The van der Waals surface area contributed by atoms with Crippen molar-refractivity contribution in [3.63, 3.8) is 0 Å². The molecule has 0 amide bonds. The molecule has 0 saturated heterocycles. The first-order valence-corrected chi connectivity index (χ1v) is 9.35. The highest BCUT2D eigenvalue weighted by Gasteiger charge is 2.37. The highest BCUT2D eigenvalue weighted by Crippen LogP contribution is 2.27. The largest absolute Gasteiger partial charge is 0.741 e. The zero-order valence-electron chi connectivity index (χ0n) is 11.8. The van der Waals surface area contributed by atoms with Gasteiger partial charge in [-0.25, -0.2) is 18.0 Å². The molecular weight excluding hydrogens is 448 g/mol. The zero-order chi connectivity index (χ0) is 19.6. The van der Waals surface area contributed by atoms with E-state index in [2.05, 4.69) is 9.17 Å². The number of hydrogen-bond donors (Lipinski definition) is 1. The van der Waals surface area contributed by atoms with E-state index >= 15 is 0 Å². The minimum absolute atomic E-state index is 0.0817. The van der Waals surface area contributed by atoms with E-state index in [0.29, 0.717) is 5.82 Å². The molecule has 24 heavy (non-hydrogen) atoms. The lowest BCUT2D eigenvalue weighted by atomic mass is 10.7. The third-order valence-electron chi connectivity index (χ3n) is 2.07. The molecule has 16 heteroatoms. The molecule has 8 nitrogen and oxygen atoms in total. The highest BCUT2D eigenvalue weighted by atomic mass is 35.6. The van der Waals surface area contributed by atoms with Crippen LogP contribution in [-0.4, -0.2) is 42.3 Å². The number of imidazole rings is 1. The number of halogens is 6. The molecule has 0 bridgehead atoms. The van der Waals surface area contributed by atoms with Gasteiger partial charge in [0, 0.05) is 6.92 Å². The Balaban J connectivity index is 0.000000561. The fourth-order valence-electron chi connectivity index (χ4n) is 0.906. The second-order valence-electron chi connectivity index (χ2n) is 4.05. The number of aryl methyl sites for hydroxylation is 2. The summed E-state index contributed by atoms with van der Waals surface area (Å²) in [6.45, 7) is 1.18. The molecule has 0 aliphatic carbocycles. The van der Waals surface area contributed by atoms with Crippen LogP contribution < -0.4 is 4.57 Å². The molecule has 1 heterocycles. The van der Waals surface area contributed by atoms with Gasteiger partial charge in [0.2, 0.25) is 3.79 Å². The van der Waals surface area contributed by atoms with Crippen LogP contribution in [0.4, 0.5) is 13.2 Å². The Labute approximate surface area is 150 Å². The number of nitrogens with one attached hydrogen (secondary N) is 1. The van der Waals surface area contributed by atoms with Crippen molar-refractivity contribution in [1.29, 1.82) is 0 Å². The first-order valence-electron chi connectivity index (χ1n) is 5.40. The Morgan fingerprint density at radius 1 is 1.25 bits per heavy atom. The van der Waals surface area contributed by atoms with Gasteiger partial charge in [-0.2, -0.15) is 21.6 Å². The zero-order valence-corrected chi connectivity index (χ0v) is 15.7. The van der Waals surface area contributed by atoms with Crippen molar-refractivity contribution in [3.05, 3.63) is 12.0 Å². The fraction of sp³-hybridized carbons (Fsp3) is 0.625. The smallest absolute Gasteiger partial charge is 0.485 e. The van der Waals surface area contributed by atoms with Crippen molar-refractivity contribution >= 4 is 55.0 Å². The maximum Gasteiger partial charge on any atom is 0.485 e. The molecule has 0 radical (unpaired) electrons. The van der Waals surface area contributed by atoms with Gasteiger partial charge in [0.1, 0.15) is 6.61 Å². The van der Waals surface area contributed by atoms with Crippen LogP contribution in [0.5, 0.6) is 0 Å². The summed E-state index contributed by atoms with van der Waals surface area (Å²) in [4.78, 5) is 2.64.